The third-order valence-electron chi connectivity index (χ3n) is 4.67. The molecule has 0 radical (unpaired) electrons. The van der Waals surface area contributed by atoms with Gasteiger partial charge in [0.2, 0.25) is 0 Å². The van der Waals surface area contributed by atoms with Crippen LogP contribution in [0, 0.1) is 0 Å². The lowest BCUT2D eigenvalue weighted by Crippen LogP contribution is -2.13. The summed E-state index contributed by atoms with van der Waals surface area (Å²) in [4.78, 5) is 4.59. The minimum atomic E-state index is 0.107. The van der Waals surface area contributed by atoms with E-state index in [0.717, 1.165) is 37.2 Å². The van der Waals surface area contributed by atoms with Gasteiger partial charge in [-0.1, -0.05) is 42.5 Å². The average Bonchev–Trinajstić information content (AvgIpc) is 3.36. The molecule has 6 heteroatoms. The van der Waals surface area contributed by atoms with Gasteiger partial charge >= 0.3 is 0 Å². The van der Waals surface area contributed by atoms with E-state index in [2.05, 4.69) is 11.1 Å². The van der Waals surface area contributed by atoms with Crippen molar-refractivity contribution in [3.63, 3.8) is 0 Å². The molecule has 5 rings (SSSR count). The van der Waals surface area contributed by atoms with Crippen molar-refractivity contribution in [2.24, 2.45) is 0 Å². The van der Waals surface area contributed by atoms with E-state index >= 15 is 0 Å². The monoisotopic (exact) mass is 402 g/mol. The number of nitrogens with zero attached hydrogens (tertiary/aromatic N) is 2. The summed E-state index contributed by atoms with van der Waals surface area (Å²) in [6.45, 7) is 0.529. The van der Waals surface area contributed by atoms with Crippen molar-refractivity contribution in [1.29, 1.82) is 0 Å². The Balaban J connectivity index is 1.35. The molecular weight excluding hydrogens is 384 g/mol. The Labute approximate surface area is 172 Å². The summed E-state index contributed by atoms with van der Waals surface area (Å²) in [6, 6.07) is 25.5. The van der Waals surface area contributed by atoms with Crippen molar-refractivity contribution in [3.8, 4) is 5.75 Å². The zero-order valence-corrected chi connectivity index (χ0v) is 16.3. The first-order valence-electron chi connectivity index (χ1n) is 9.24. The molecule has 1 aromatic heterocycles. The summed E-state index contributed by atoms with van der Waals surface area (Å²) in [5.74, 6) is 1.41. The molecule has 0 saturated carbocycles. The van der Waals surface area contributed by atoms with E-state index in [1.807, 2.05) is 72.8 Å². The lowest BCUT2D eigenvalue weighted by atomic mass is 10.1. The Bertz CT molecular complexity index is 1140. The Morgan fingerprint density at radius 1 is 0.931 bits per heavy atom. The van der Waals surface area contributed by atoms with Gasteiger partial charge in [-0.15, -0.1) is 11.3 Å². The number of hydrogen-bond donors (Lipinski definition) is 1. The molecular formula is C23H18N2O3S. The molecule has 3 aromatic carbocycles. The van der Waals surface area contributed by atoms with Crippen LogP contribution in [0.5, 0.6) is 5.75 Å². The van der Waals surface area contributed by atoms with Gasteiger partial charge in [0.1, 0.15) is 23.1 Å². The van der Waals surface area contributed by atoms with Gasteiger partial charge in [0.25, 0.3) is 0 Å². The van der Waals surface area contributed by atoms with Crippen molar-refractivity contribution in [3.05, 3.63) is 95.0 Å². The van der Waals surface area contributed by atoms with Crippen LogP contribution >= 0.6 is 11.3 Å². The molecule has 0 fully saturated rings. The standard InChI is InChI=1S/C23H18N2O3S/c26-25-15-28-23(17-6-2-1-3-7-17)22(25)16-10-12-18(13-11-16)27-14-21-24-19-8-4-5-9-20(19)29-21/h1-13,26H,14-15H2. The van der Waals surface area contributed by atoms with Gasteiger partial charge in [-0.05, 0) is 36.4 Å². The fraction of sp³-hybridized carbons (Fsp3) is 0.0870. The molecule has 0 atom stereocenters. The van der Waals surface area contributed by atoms with E-state index in [0.29, 0.717) is 18.1 Å². The van der Waals surface area contributed by atoms with E-state index in [1.54, 1.807) is 11.3 Å². The highest BCUT2D eigenvalue weighted by molar-refractivity contribution is 7.18. The normalized spacial score (nSPS) is 13.8. The fourth-order valence-electron chi connectivity index (χ4n) is 3.30. The third-order valence-corrected chi connectivity index (χ3v) is 5.68. The largest absolute Gasteiger partial charge is 0.486 e. The topological polar surface area (TPSA) is 54.8 Å². The van der Waals surface area contributed by atoms with Crippen molar-refractivity contribution in [2.75, 3.05) is 6.73 Å². The van der Waals surface area contributed by atoms with Gasteiger partial charge in [0, 0.05) is 11.1 Å². The van der Waals surface area contributed by atoms with Crippen molar-refractivity contribution < 1.29 is 14.7 Å². The van der Waals surface area contributed by atoms with Crippen molar-refractivity contribution in [2.45, 2.75) is 6.61 Å². The van der Waals surface area contributed by atoms with E-state index in [9.17, 15) is 5.21 Å². The first-order chi connectivity index (χ1) is 14.3. The molecule has 1 N–H and O–H groups in total. The van der Waals surface area contributed by atoms with Crippen molar-refractivity contribution in [1.82, 2.24) is 10.0 Å². The van der Waals surface area contributed by atoms with Crippen LogP contribution in [0.15, 0.2) is 78.9 Å². The molecule has 144 valence electrons. The Morgan fingerprint density at radius 2 is 1.69 bits per heavy atom. The smallest absolute Gasteiger partial charge is 0.185 e. The highest BCUT2D eigenvalue weighted by Gasteiger charge is 2.25. The number of hydrogen-bond acceptors (Lipinski definition) is 6. The number of benzene rings is 3. The predicted octanol–water partition coefficient (Wildman–Crippen LogP) is 5.38. The zero-order chi connectivity index (χ0) is 19.6. The van der Waals surface area contributed by atoms with Gasteiger partial charge in [0.05, 0.1) is 10.2 Å². The number of fused-ring (bicyclic) bond motifs is 1. The second-order valence-corrected chi connectivity index (χ2v) is 7.72. The molecule has 0 unspecified atom stereocenters. The highest BCUT2D eigenvalue weighted by atomic mass is 32.1. The maximum Gasteiger partial charge on any atom is 0.185 e. The lowest BCUT2D eigenvalue weighted by Gasteiger charge is -2.12. The number of rotatable bonds is 5. The molecule has 0 saturated heterocycles. The first kappa shape index (κ1) is 17.7. The number of hydroxylamine groups is 2. The molecule has 0 spiro atoms. The molecule has 1 aliphatic heterocycles. The minimum absolute atomic E-state index is 0.107. The summed E-state index contributed by atoms with van der Waals surface area (Å²) in [5.41, 5.74) is 3.43. The van der Waals surface area contributed by atoms with Crippen molar-refractivity contribution >= 4 is 33.0 Å². The van der Waals surface area contributed by atoms with Gasteiger partial charge in [-0.25, -0.2) is 10.0 Å². The predicted molar refractivity (Wildman–Crippen MR) is 113 cm³/mol. The molecule has 0 amide bonds. The molecule has 29 heavy (non-hydrogen) atoms. The van der Waals surface area contributed by atoms with Crippen LogP contribution in [0.1, 0.15) is 16.1 Å². The SMILES string of the molecule is ON1COC(c2ccccc2)=C1c1ccc(OCc2nc3ccccc3s2)cc1. The molecule has 1 aliphatic rings. The lowest BCUT2D eigenvalue weighted by molar-refractivity contribution is -0.0673. The first-order valence-corrected chi connectivity index (χ1v) is 10.1. The summed E-state index contributed by atoms with van der Waals surface area (Å²) >= 11 is 1.64. The van der Waals surface area contributed by atoms with Gasteiger partial charge < -0.3 is 9.47 Å². The second-order valence-electron chi connectivity index (χ2n) is 6.61. The Hall–Kier alpha value is -3.35. The van der Waals surface area contributed by atoms with E-state index in [-0.39, 0.29) is 6.73 Å². The third kappa shape index (κ3) is 3.55. The molecule has 0 bridgehead atoms. The molecule has 5 nitrogen and oxygen atoms in total. The highest BCUT2D eigenvalue weighted by Crippen LogP contribution is 2.35. The van der Waals surface area contributed by atoms with Crippen LogP contribution in [0.2, 0.25) is 0 Å². The van der Waals surface area contributed by atoms with Crippen LogP contribution in [-0.4, -0.2) is 22.0 Å². The average molecular weight is 402 g/mol. The number of ether oxygens (including phenoxy) is 2. The Kier molecular flexibility index (Phi) is 4.63. The van der Waals surface area contributed by atoms with E-state index < -0.39 is 0 Å². The quantitative estimate of drug-likeness (QED) is 0.486. The summed E-state index contributed by atoms with van der Waals surface area (Å²) in [6.07, 6.45) is 0. The maximum atomic E-state index is 10.3. The summed E-state index contributed by atoms with van der Waals surface area (Å²) in [5, 5.41) is 12.3. The number of thiazole rings is 1. The second kappa shape index (κ2) is 7.58. The van der Waals surface area contributed by atoms with Gasteiger partial charge in [-0.2, -0.15) is 0 Å². The Morgan fingerprint density at radius 3 is 2.48 bits per heavy atom. The van der Waals surface area contributed by atoms with Crippen LogP contribution in [0.3, 0.4) is 0 Å². The van der Waals surface area contributed by atoms with E-state index in [1.165, 1.54) is 0 Å². The van der Waals surface area contributed by atoms with Crippen LogP contribution in [0.25, 0.3) is 21.7 Å². The van der Waals surface area contributed by atoms with Crippen LogP contribution in [-0.2, 0) is 11.3 Å². The molecule has 4 aromatic rings. The fourth-order valence-corrected chi connectivity index (χ4v) is 4.18. The number of aromatic nitrogens is 1. The summed E-state index contributed by atoms with van der Waals surface area (Å²) < 4.78 is 12.8. The van der Waals surface area contributed by atoms with E-state index in [4.69, 9.17) is 9.47 Å². The zero-order valence-electron chi connectivity index (χ0n) is 15.5. The summed E-state index contributed by atoms with van der Waals surface area (Å²) in [7, 11) is 0. The molecule has 2 heterocycles. The minimum Gasteiger partial charge on any atom is -0.486 e. The maximum absolute atomic E-state index is 10.3. The number of para-hydroxylation sites is 1. The van der Waals surface area contributed by atoms with Gasteiger partial charge in [0.15, 0.2) is 12.5 Å². The van der Waals surface area contributed by atoms with Crippen LogP contribution < -0.4 is 4.74 Å². The van der Waals surface area contributed by atoms with Crippen LogP contribution in [0.4, 0.5) is 0 Å². The van der Waals surface area contributed by atoms with Gasteiger partial charge in [-0.3, -0.25) is 5.21 Å². The molecule has 0 aliphatic carbocycles.